The van der Waals surface area contributed by atoms with Crippen LogP contribution in [0.1, 0.15) is 91.4 Å². The molecule has 0 spiro atoms. The van der Waals surface area contributed by atoms with Crippen LogP contribution in [-0.2, 0) is 14.3 Å². The fraction of sp³-hybridized carbons (Fsp3) is 0.913. The van der Waals surface area contributed by atoms with E-state index in [1.807, 2.05) is 6.92 Å². The summed E-state index contributed by atoms with van der Waals surface area (Å²) in [7, 11) is 0. The van der Waals surface area contributed by atoms with Crippen LogP contribution in [-0.4, -0.2) is 17.9 Å². The third-order valence-electron chi connectivity index (χ3n) is 9.12. The van der Waals surface area contributed by atoms with E-state index in [-0.39, 0.29) is 17.5 Å². The number of ether oxygens (including phenoxy) is 1. The largest absolute Gasteiger partial charge is 0.462 e. The highest BCUT2D eigenvalue weighted by atomic mass is 16.5. The fourth-order valence-electron chi connectivity index (χ4n) is 7.61. The molecule has 3 unspecified atom stereocenters. The molecule has 0 N–H and O–H groups in total. The molecule has 3 nitrogen and oxygen atoms in total. The number of rotatable bonds is 3. The number of Topliss-reactive ketones (excluding diaryl/α,β-unsaturated/α-hetero) is 1. The van der Waals surface area contributed by atoms with Crippen molar-refractivity contribution in [3.63, 3.8) is 0 Å². The highest BCUT2D eigenvalue weighted by molar-refractivity contribution is 5.79. The molecule has 0 radical (unpaired) electrons. The molecule has 3 heteroatoms. The van der Waals surface area contributed by atoms with E-state index in [0.717, 1.165) is 43.9 Å². The summed E-state index contributed by atoms with van der Waals surface area (Å²) in [6.45, 7) is 6.95. The van der Waals surface area contributed by atoms with Gasteiger partial charge in [-0.1, -0.05) is 20.8 Å². The minimum atomic E-state index is 0.00274. The average Bonchev–Trinajstić information content (AvgIpc) is 2.92. The number of carbonyl (C=O) groups is 2. The van der Waals surface area contributed by atoms with E-state index in [9.17, 15) is 9.59 Å². The van der Waals surface area contributed by atoms with E-state index in [1.165, 1.54) is 32.1 Å². The van der Waals surface area contributed by atoms with Crippen molar-refractivity contribution in [1.82, 2.24) is 0 Å². The standard InChI is InChI=1S/C23H36O3/c1-4-5-21(25)26-20-9-8-18-17-7-6-15-14-16(24)10-12-22(15,2)19(17)11-13-23(18,20)3/h15,17-20H,4-14H2,1-3H3/t15-,17?,18?,19?,20-,22+,23+/m1/s1. The van der Waals surface area contributed by atoms with E-state index < -0.39 is 0 Å². The van der Waals surface area contributed by atoms with Crippen LogP contribution >= 0.6 is 0 Å². The first-order valence-corrected chi connectivity index (χ1v) is 11.1. The van der Waals surface area contributed by atoms with Crippen LogP contribution in [0.2, 0.25) is 0 Å². The van der Waals surface area contributed by atoms with Crippen molar-refractivity contribution in [2.45, 2.75) is 97.5 Å². The third-order valence-corrected chi connectivity index (χ3v) is 9.12. The van der Waals surface area contributed by atoms with Gasteiger partial charge in [0.15, 0.2) is 0 Å². The average molecular weight is 361 g/mol. The first-order chi connectivity index (χ1) is 12.4. The molecule has 0 amide bonds. The van der Waals surface area contributed by atoms with E-state index >= 15 is 0 Å². The molecule has 0 aromatic heterocycles. The molecule has 26 heavy (non-hydrogen) atoms. The minimum absolute atomic E-state index is 0.00274. The number of hydrogen-bond donors (Lipinski definition) is 0. The second kappa shape index (κ2) is 6.63. The predicted molar refractivity (Wildman–Crippen MR) is 102 cm³/mol. The maximum Gasteiger partial charge on any atom is 0.306 e. The molecule has 146 valence electrons. The summed E-state index contributed by atoms with van der Waals surface area (Å²) in [5.41, 5.74) is 0.549. The van der Waals surface area contributed by atoms with Crippen molar-refractivity contribution in [2.75, 3.05) is 0 Å². The normalized spacial score (nSPS) is 47.7. The third kappa shape index (κ3) is 2.76. The maximum absolute atomic E-state index is 12.1. The quantitative estimate of drug-likeness (QED) is 0.641. The van der Waals surface area contributed by atoms with E-state index in [2.05, 4.69) is 13.8 Å². The van der Waals surface area contributed by atoms with Gasteiger partial charge in [-0.25, -0.2) is 0 Å². The van der Waals surface area contributed by atoms with Crippen molar-refractivity contribution in [1.29, 1.82) is 0 Å². The first-order valence-electron chi connectivity index (χ1n) is 11.1. The van der Waals surface area contributed by atoms with Crippen molar-refractivity contribution >= 4 is 11.8 Å². The number of ketones is 1. The van der Waals surface area contributed by atoms with Gasteiger partial charge in [-0.3, -0.25) is 9.59 Å². The van der Waals surface area contributed by atoms with Gasteiger partial charge in [0.1, 0.15) is 11.9 Å². The Hall–Kier alpha value is -0.860. The van der Waals surface area contributed by atoms with Crippen LogP contribution in [0.5, 0.6) is 0 Å². The second-order valence-electron chi connectivity index (χ2n) is 10.3. The summed E-state index contributed by atoms with van der Waals surface area (Å²) < 4.78 is 5.97. The summed E-state index contributed by atoms with van der Waals surface area (Å²) in [6.07, 6.45) is 11.5. The molecular weight excluding hydrogens is 324 g/mol. The van der Waals surface area contributed by atoms with Crippen molar-refractivity contribution in [3.05, 3.63) is 0 Å². The van der Waals surface area contributed by atoms with Gasteiger partial charge in [0, 0.05) is 24.7 Å². The topological polar surface area (TPSA) is 43.4 Å². The zero-order chi connectivity index (χ0) is 18.5. The van der Waals surface area contributed by atoms with Crippen LogP contribution in [0.25, 0.3) is 0 Å². The molecule has 4 aliphatic carbocycles. The molecule has 0 saturated heterocycles. The molecule has 0 aromatic carbocycles. The second-order valence-corrected chi connectivity index (χ2v) is 10.3. The molecule has 4 aliphatic rings. The van der Waals surface area contributed by atoms with Gasteiger partial charge in [0.05, 0.1) is 0 Å². The van der Waals surface area contributed by atoms with Gasteiger partial charge >= 0.3 is 5.97 Å². The summed E-state index contributed by atoms with van der Waals surface area (Å²) in [5.74, 6) is 3.37. The SMILES string of the molecule is CCCC(=O)O[C@@H]1CCC2C3CC[C@@H]4CC(=O)CC[C@]4(C)C3CC[C@@]21C. The Morgan fingerprint density at radius 2 is 1.81 bits per heavy atom. The van der Waals surface area contributed by atoms with Crippen LogP contribution in [0.4, 0.5) is 0 Å². The lowest BCUT2D eigenvalue weighted by atomic mass is 9.45. The van der Waals surface area contributed by atoms with Crippen LogP contribution in [0.15, 0.2) is 0 Å². The molecule has 0 bridgehead atoms. The van der Waals surface area contributed by atoms with Crippen LogP contribution in [0, 0.1) is 34.5 Å². The molecule has 4 rings (SSSR count). The Morgan fingerprint density at radius 3 is 2.58 bits per heavy atom. The van der Waals surface area contributed by atoms with Crippen molar-refractivity contribution < 1.29 is 14.3 Å². The number of esters is 1. The predicted octanol–water partition coefficient (Wildman–Crippen LogP) is 5.31. The summed E-state index contributed by atoms with van der Waals surface area (Å²) in [4.78, 5) is 24.1. The number of carbonyl (C=O) groups excluding carboxylic acids is 2. The van der Waals surface area contributed by atoms with E-state index in [4.69, 9.17) is 4.74 Å². The Kier molecular flexibility index (Phi) is 4.72. The van der Waals surface area contributed by atoms with Gasteiger partial charge in [-0.15, -0.1) is 0 Å². The Labute approximate surface area is 158 Å². The van der Waals surface area contributed by atoms with Gasteiger partial charge < -0.3 is 4.74 Å². The monoisotopic (exact) mass is 360 g/mol. The highest BCUT2D eigenvalue weighted by Gasteiger charge is 2.61. The lowest BCUT2D eigenvalue weighted by molar-refractivity contribution is -0.164. The Bertz CT molecular complexity index is 584. The summed E-state index contributed by atoms with van der Waals surface area (Å²) >= 11 is 0. The molecule has 4 fully saturated rings. The summed E-state index contributed by atoms with van der Waals surface area (Å²) in [5, 5.41) is 0. The van der Waals surface area contributed by atoms with Gasteiger partial charge in [0.25, 0.3) is 0 Å². The number of fused-ring (bicyclic) bond motifs is 5. The van der Waals surface area contributed by atoms with Crippen LogP contribution in [0.3, 0.4) is 0 Å². The smallest absolute Gasteiger partial charge is 0.306 e. The van der Waals surface area contributed by atoms with Gasteiger partial charge in [-0.2, -0.15) is 0 Å². The molecule has 0 aromatic rings. The number of hydrogen-bond acceptors (Lipinski definition) is 3. The Balaban J connectivity index is 1.52. The zero-order valence-electron chi connectivity index (χ0n) is 16.9. The van der Waals surface area contributed by atoms with E-state index in [1.54, 1.807) is 0 Å². The summed E-state index contributed by atoms with van der Waals surface area (Å²) in [6, 6.07) is 0. The fourth-order valence-corrected chi connectivity index (χ4v) is 7.61. The first kappa shape index (κ1) is 18.5. The van der Waals surface area contributed by atoms with Crippen molar-refractivity contribution in [3.8, 4) is 0 Å². The van der Waals surface area contributed by atoms with Gasteiger partial charge in [-0.05, 0) is 80.5 Å². The van der Waals surface area contributed by atoms with Crippen molar-refractivity contribution in [2.24, 2.45) is 34.5 Å². The molecule has 0 heterocycles. The molecular formula is C23H36O3. The lowest BCUT2D eigenvalue weighted by Crippen LogP contribution is -2.54. The van der Waals surface area contributed by atoms with Crippen LogP contribution < -0.4 is 0 Å². The van der Waals surface area contributed by atoms with Gasteiger partial charge in [0.2, 0.25) is 0 Å². The van der Waals surface area contributed by atoms with E-state index in [0.29, 0.717) is 29.5 Å². The maximum atomic E-state index is 12.1. The lowest BCUT2D eigenvalue weighted by Gasteiger charge is -2.60. The minimum Gasteiger partial charge on any atom is -0.462 e. The zero-order valence-corrected chi connectivity index (χ0v) is 16.9. The molecule has 0 aliphatic heterocycles. The highest BCUT2D eigenvalue weighted by Crippen LogP contribution is 2.66. The Morgan fingerprint density at radius 1 is 1.04 bits per heavy atom. The molecule has 4 saturated carbocycles. The molecule has 7 atom stereocenters.